The van der Waals surface area contributed by atoms with Gasteiger partial charge in [-0.2, -0.15) is 0 Å². The van der Waals surface area contributed by atoms with Crippen LogP contribution in [0.3, 0.4) is 0 Å². The molecule has 0 aliphatic carbocycles. The molecule has 8 heteroatoms. The van der Waals surface area contributed by atoms with Gasteiger partial charge in [0.1, 0.15) is 0 Å². The first kappa shape index (κ1) is 43.8. The molecule has 0 amide bonds. The van der Waals surface area contributed by atoms with Crippen LogP contribution in [0.4, 0.5) is 0 Å². The first-order chi connectivity index (χ1) is 23.0. The van der Waals surface area contributed by atoms with E-state index in [0.717, 1.165) is 21.2 Å². The molecule has 6 rings (SSSR count). The summed E-state index contributed by atoms with van der Waals surface area (Å²) in [6.45, 7) is 10.3. The van der Waals surface area contributed by atoms with Crippen LogP contribution in [0.25, 0.3) is 0 Å². The van der Waals surface area contributed by atoms with E-state index in [1.54, 1.807) is 24.3 Å². The molecule has 0 bridgehead atoms. The standard InChI is InChI=1S/2C21H19O2P.CH3.2Au/c2*1-24(2,19-14-8-4-9-15-19,20-16-10-5-11-17-20)23-21(22)18-12-6-3-7-13-18;;;/h2*3-17H,1-2H2;1H3;;/q2*-2;-1;;+3. The summed E-state index contributed by atoms with van der Waals surface area (Å²) < 4.78 is 12.1. The van der Waals surface area contributed by atoms with Crippen molar-refractivity contribution in [3.05, 3.63) is 227 Å². The second kappa shape index (κ2) is 18.4. The minimum atomic E-state index is -3.59. The molecule has 6 aromatic rings. The zero-order chi connectivity index (χ0) is 34.1. The zero-order valence-electron chi connectivity index (χ0n) is 28.3. The van der Waals surface area contributed by atoms with E-state index in [0.29, 0.717) is 11.1 Å². The summed E-state index contributed by atoms with van der Waals surface area (Å²) >= 11 is 0. The van der Waals surface area contributed by atoms with Crippen LogP contribution in [0.2, 0.25) is 0 Å². The average molecular weight is 1080 g/mol. The van der Waals surface area contributed by atoms with E-state index >= 15 is 0 Å². The van der Waals surface area contributed by atoms with Gasteiger partial charge in [0.25, 0.3) is 0 Å². The van der Waals surface area contributed by atoms with Crippen LogP contribution in [0, 0.1) is 34.1 Å². The molecule has 0 N–H and O–H groups in total. The molecule has 0 saturated heterocycles. The van der Waals surface area contributed by atoms with Crippen molar-refractivity contribution in [2.24, 2.45) is 0 Å². The molecule has 1 radical (unpaired) electrons. The van der Waals surface area contributed by atoms with Crippen molar-refractivity contribution in [3.8, 4) is 0 Å². The van der Waals surface area contributed by atoms with Crippen LogP contribution in [0.1, 0.15) is 20.7 Å². The van der Waals surface area contributed by atoms with Crippen LogP contribution in [0.5, 0.6) is 0 Å². The van der Waals surface area contributed by atoms with Crippen LogP contribution < -0.4 is 21.2 Å². The Morgan fingerprint density at radius 1 is 0.373 bits per heavy atom. The second-order valence-corrected chi connectivity index (χ2v) is 19.7. The molecule has 0 spiro atoms. The summed E-state index contributed by atoms with van der Waals surface area (Å²) in [6.07, 6.45) is 0. The third-order valence-corrected chi connectivity index (χ3v) is 15.3. The van der Waals surface area contributed by atoms with Gasteiger partial charge in [-0.3, -0.25) is 0 Å². The van der Waals surface area contributed by atoms with E-state index in [-0.39, 0.29) is 52.2 Å². The van der Waals surface area contributed by atoms with Crippen molar-refractivity contribution in [2.45, 2.75) is 0 Å². The number of hydrogen-bond acceptors (Lipinski definition) is 4. The van der Waals surface area contributed by atoms with Crippen molar-refractivity contribution in [2.75, 3.05) is 0 Å². The van der Waals surface area contributed by atoms with E-state index in [1.807, 2.05) is 158 Å². The summed E-state index contributed by atoms with van der Waals surface area (Å²) in [5, 5.41) is 3.33. The van der Waals surface area contributed by atoms with E-state index in [2.05, 4.69) is 26.7 Å². The van der Waals surface area contributed by atoms with Crippen molar-refractivity contribution in [1.29, 1.82) is 0 Å². The minimum absolute atomic E-state index is 0. The summed E-state index contributed by atoms with van der Waals surface area (Å²) in [6, 6.07) is 56.2. The maximum atomic E-state index is 12.7. The van der Waals surface area contributed by atoms with Gasteiger partial charge in [-0.05, 0) is 0 Å². The molecule has 51 heavy (non-hydrogen) atoms. The Balaban J connectivity index is 0.000000334. The van der Waals surface area contributed by atoms with Crippen molar-refractivity contribution in [3.63, 3.8) is 0 Å². The molecule has 0 saturated carbocycles. The number of rotatable bonds is 8. The Kier molecular flexibility index (Phi) is 15.8. The maximum absolute atomic E-state index is 12.7. The van der Waals surface area contributed by atoms with E-state index in [9.17, 15) is 9.59 Å². The third kappa shape index (κ3) is 9.93. The largest absolute Gasteiger partial charge is 0.358 e. The molecule has 6 aromatic carbocycles. The van der Waals surface area contributed by atoms with Crippen LogP contribution >= 0.6 is 13.7 Å². The molecule has 0 fully saturated rings. The zero-order valence-corrected chi connectivity index (χ0v) is 34.4. The topological polar surface area (TPSA) is 52.6 Å². The number of carbonyl (C=O) groups excluding carboxylic acids is 2. The van der Waals surface area contributed by atoms with E-state index in [1.165, 1.54) is 0 Å². The maximum Gasteiger partial charge on any atom is -0.358 e. The monoisotopic (exact) mass is 1080 g/mol. The molecule has 0 aliphatic heterocycles. The Labute approximate surface area is 335 Å². The molecule has 0 heterocycles. The van der Waals surface area contributed by atoms with Gasteiger partial charge < -0.3 is 7.43 Å². The first-order valence-corrected chi connectivity index (χ1v) is 20.4. The van der Waals surface area contributed by atoms with Gasteiger partial charge in [0.15, 0.2) is 0 Å². The Morgan fingerprint density at radius 3 is 0.745 bits per heavy atom. The average Bonchev–Trinajstić information content (AvgIpc) is 3.14. The summed E-state index contributed by atoms with van der Waals surface area (Å²) in [5.74, 6) is -0.822. The quantitative estimate of drug-likeness (QED) is 0.0867. The minimum Gasteiger partial charge on any atom is -0.358 e. The predicted octanol–water partition coefficient (Wildman–Crippen LogP) is 9.54. The van der Waals surface area contributed by atoms with Crippen molar-refractivity contribution < 1.29 is 63.4 Å². The first-order valence-electron chi connectivity index (χ1n) is 15.3. The van der Waals surface area contributed by atoms with Gasteiger partial charge in [0, 0.05) is 22.4 Å². The number of hydrogen-bond donors (Lipinski definition) is 0. The molecule has 0 unspecified atom stereocenters. The van der Waals surface area contributed by atoms with Crippen LogP contribution in [-0.4, -0.2) is 11.9 Å². The summed E-state index contributed by atoms with van der Waals surface area (Å²) in [7, 11) is 0. The van der Waals surface area contributed by atoms with Gasteiger partial charge >= 0.3 is 308 Å². The fourth-order valence-corrected chi connectivity index (χ4v) is 10.7. The fraction of sp³-hybridized carbons (Fsp3) is 0. The van der Waals surface area contributed by atoms with Crippen LogP contribution in [-0.2, 0) is 53.8 Å². The molecule has 271 valence electrons. The SMILES string of the molecule is [Au+3].[Au].[CH2-]P([CH2-])(OC(=O)c1ccccc1)(c1ccccc1)c1ccccc1.[CH2-]P([CH2-])(OC(=O)c1ccccc1)(c1ccccc1)c1ccccc1.[CH3-]. The van der Waals surface area contributed by atoms with Gasteiger partial charge in [0.2, 0.25) is 0 Å². The van der Waals surface area contributed by atoms with Crippen LogP contribution in [0.15, 0.2) is 182 Å². The number of benzene rings is 6. The summed E-state index contributed by atoms with van der Waals surface area (Å²) in [4.78, 5) is 25.5. The Morgan fingerprint density at radius 2 is 0.549 bits per heavy atom. The molecular weight excluding hydrogens is 1040 g/mol. The molecule has 0 atom stereocenters. The molecule has 0 aromatic heterocycles. The second-order valence-electron chi connectivity index (χ2n) is 11.6. The predicted molar refractivity (Wildman–Crippen MR) is 210 cm³/mol. The number of carbonyl (C=O) groups is 2. The normalized spacial score (nSPS) is 12.1. The smallest absolute Gasteiger partial charge is 0.358 e. The Bertz CT molecular complexity index is 1730. The molecule has 4 nitrogen and oxygen atoms in total. The van der Waals surface area contributed by atoms with Crippen molar-refractivity contribution in [1.82, 2.24) is 0 Å². The fourth-order valence-electron chi connectivity index (χ4n) is 5.26. The molecule has 0 aliphatic rings. The van der Waals surface area contributed by atoms with Gasteiger partial charge in [-0.15, -0.1) is 0 Å². The molecular formula is C43H41Au2O4P2-2. The van der Waals surface area contributed by atoms with Crippen molar-refractivity contribution >= 4 is 46.8 Å². The van der Waals surface area contributed by atoms with E-state index in [4.69, 9.17) is 9.05 Å². The van der Waals surface area contributed by atoms with Gasteiger partial charge in [-0.1, -0.05) is 0 Å². The summed E-state index contributed by atoms with van der Waals surface area (Å²) in [5.41, 5.74) is 0.983. The van der Waals surface area contributed by atoms with Gasteiger partial charge in [0.05, 0.1) is 0 Å². The van der Waals surface area contributed by atoms with Gasteiger partial charge in [-0.25, -0.2) is 0 Å². The third-order valence-electron chi connectivity index (χ3n) is 8.05. The van der Waals surface area contributed by atoms with E-state index < -0.39 is 25.6 Å². The Hall–Kier alpha value is -3.40.